The fourth-order valence-corrected chi connectivity index (χ4v) is 3.39. The standard InChI is InChI=1S/C19H18FN3O2S/c1-12(14-5-7-15(20)8-6-14)22-23-19-21-18(24)17(26-19)11-13-3-9-16(25-2)10-4-13/h3-10,17H,11H2,1-2H3,(H,21,23,24). The maximum atomic E-state index is 13.0. The molecule has 1 N–H and O–H groups in total. The van der Waals surface area contributed by atoms with E-state index < -0.39 is 0 Å². The lowest BCUT2D eigenvalue weighted by molar-refractivity contribution is -0.118. The summed E-state index contributed by atoms with van der Waals surface area (Å²) in [7, 11) is 1.62. The van der Waals surface area contributed by atoms with Crippen LogP contribution >= 0.6 is 11.8 Å². The highest BCUT2D eigenvalue weighted by molar-refractivity contribution is 8.15. The summed E-state index contributed by atoms with van der Waals surface area (Å²) < 4.78 is 18.1. The van der Waals surface area contributed by atoms with Crippen molar-refractivity contribution in [2.45, 2.75) is 18.6 Å². The van der Waals surface area contributed by atoms with E-state index in [1.54, 1.807) is 26.2 Å². The number of hydrogen-bond acceptors (Lipinski definition) is 5. The third-order valence-electron chi connectivity index (χ3n) is 3.91. The van der Waals surface area contributed by atoms with Crippen molar-refractivity contribution < 1.29 is 13.9 Å². The predicted octanol–water partition coefficient (Wildman–Crippen LogP) is 3.39. The van der Waals surface area contributed by atoms with Crippen LogP contribution in [0.4, 0.5) is 4.39 Å². The van der Waals surface area contributed by atoms with Gasteiger partial charge in [0.15, 0.2) is 5.17 Å². The quantitative estimate of drug-likeness (QED) is 0.647. The van der Waals surface area contributed by atoms with Crippen LogP contribution in [0.5, 0.6) is 5.75 Å². The Morgan fingerprint density at radius 2 is 1.88 bits per heavy atom. The monoisotopic (exact) mass is 371 g/mol. The number of nitrogens with one attached hydrogen (secondary N) is 1. The maximum Gasteiger partial charge on any atom is 0.239 e. The van der Waals surface area contributed by atoms with Gasteiger partial charge in [-0.3, -0.25) is 4.79 Å². The Balaban J connectivity index is 1.65. The molecule has 26 heavy (non-hydrogen) atoms. The van der Waals surface area contributed by atoms with Gasteiger partial charge >= 0.3 is 0 Å². The minimum atomic E-state index is -0.298. The van der Waals surface area contributed by atoms with Crippen LogP contribution in [0.15, 0.2) is 58.7 Å². The highest BCUT2D eigenvalue weighted by atomic mass is 32.2. The van der Waals surface area contributed by atoms with Crippen LogP contribution in [0.3, 0.4) is 0 Å². The van der Waals surface area contributed by atoms with Crippen molar-refractivity contribution in [1.82, 2.24) is 5.32 Å². The molecule has 1 unspecified atom stereocenters. The molecule has 1 saturated heterocycles. The van der Waals surface area contributed by atoms with E-state index in [-0.39, 0.29) is 17.0 Å². The number of amides is 1. The number of carbonyl (C=O) groups excluding carboxylic acids is 1. The molecule has 1 atom stereocenters. The lowest BCUT2D eigenvalue weighted by atomic mass is 10.1. The van der Waals surface area contributed by atoms with Gasteiger partial charge < -0.3 is 10.1 Å². The number of amidine groups is 1. The molecule has 7 heteroatoms. The molecular weight excluding hydrogens is 353 g/mol. The van der Waals surface area contributed by atoms with Crippen LogP contribution in [-0.4, -0.2) is 29.1 Å². The van der Waals surface area contributed by atoms with E-state index in [2.05, 4.69) is 15.5 Å². The number of rotatable bonds is 5. The number of benzene rings is 2. The molecule has 0 aromatic heterocycles. The molecule has 1 aliphatic rings. The molecule has 0 spiro atoms. The van der Waals surface area contributed by atoms with Crippen LogP contribution in [0.25, 0.3) is 0 Å². The first kappa shape index (κ1) is 18.1. The summed E-state index contributed by atoms with van der Waals surface area (Å²) in [5, 5.41) is 11.2. The lowest BCUT2D eigenvalue weighted by Gasteiger charge is -2.06. The number of thioether (sulfide) groups is 1. The number of carbonyl (C=O) groups is 1. The third-order valence-corrected chi connectivity index (χ3v) is 4.98. The molecular formula is C19H18FN3O2S. The van der Waals surface area contributed by atoms with Crippen LogP contribution in [0.2, 0.25) is 0 Å². The maximum absolute atomic E-state index is 13.0. The van der Waals surface area contributed by atoms with E-state index in [9.17, 15) is 9.18 Å². The van der Waals surface area contributed by atoms with Crippen molar-refractivity contribution in [2.24, 2.45) is 10.2 Å². The van der Waals surface area contributed by atoms with Gasteiger partial charge in [-0.2, -0.15) is 5.10 Å². The molecule has 1 aliphatic heterocycles. The van der Waals surface area contributed by atoms with E-state index in [1.165, 1.54) is 23.9 Å². The van der Waals surface area contributed by atoms with Gasteiger partial charge in [-0.1, -0.05) is 36.0 Å². The lowest BCUT2D eigenvalue weighted by Crippen LogP contribution is -2.25. The Morgan fingerprint density at radius 3 is 2.54 bits per heavy atom. The van der Waals surface area contributed by atoms with Gasteiger partial charge in [-0.15, -0.1) is 5.10 Å². The topological polar surface area (TPSA) is 63.1 Å². The second kappa shape index (κ2) is 8.14. The number of halogens is 1. The second-order valence-corrected chi connectivity index (χ2v) is 6.94. The van der Waals surface area contributed by atoms with Gasteiger partial charge in [0.2, 0.25) is 5.91 Å². The summed E-state index contributed by atoms with van der Waals surface area (Å²) in [4.78, 5) is 12.1. The Bertz CT molecular complexity index is 848. The van der Waals surface area contributed by atoms with Crippen molar-refractivity contribution in [2.75, 3.05) is 7.11 Å². The molecule has 2 aromatic carbocycles. The largest absolute Gasteiger partial charge is 0.497 e. The SMILES string of the molecule is COc1ccc(CC2SC(=NN=C(C)c3ccc(F)cc3)NC2=O)cc1. The average molecular weight is 371 g/mol. The van der Waals surface area contributed by atoms with Gasteiger partial charge in [0.05, 0.1) is 18.1 Å². The molecule has 1 fully saturated rings. The van der Waals surface area contributed by atoms with Crippen molar-refractivity contribution in [3.63, 3.8) is 0 Å². The Morgan fingerprint density at radius 1 is 1.19 bits per heavy atom. The summed E-state index contributed by atoms with van der Waals surface area (Å²) in [5.74, 6) is 0.400. The van der Waals surface area contributed by atoms with E-state index in [4.69, 9.17) is 4.74 Å². The zero-order chi connectivity index (χ0) is 18.5. The second-order valence-electron chi connectivity index (χ2n) is 5.75. The fourth-order valence-electron chi connectivity index (χ4n) is 2.43. The Labute approximate surface area is 155 Å². The molecule has 3 rings (SSSR count). The molecule has 5 nitrogen and oxygen atoms in total. The summed E-state index contributed by atoms with van der Waals surface area (Å²) in [6.45, 7) is 1.79. The highest BCUT2D eigenvalue weighted by Gasteiger charge is 2.30. The van der Waals surface area contributed by atoms with Crippen molar-refractivity contribution in [3.05, 3.63) is 65.5 Å². The predicted molar refractivity (Wildman–Crippen MR) is 102 cm³/mol. The van der Waals surface area contributed by atoms with E-state index in [0.717, 1.165) is 16.9 Å². The first-order chi connectivity index (χ1) is 12.5. The van der Waals surface area contributed by atoms with Crippen LogP contribution in [-0.2, 0) is 11.2 Å². The van der Waals surface area contributed by atoms with E-state index >= 15 is 0 Å². The summed E-state index contributed by atoms with van der Waals surface area (Å²) in [5.41, 5.74) is 2.47. The first-order valence-electron chi connectivity index (χ1n) is 8.04. The van der Waals surface area contributed by atoms with Gasteiger partial charge in [0.25, 0.3) is 0 Å². The molecule has 1 heterocycles. The Kier molecular flexibility index (Phi) is 5.68. The minimum Gasteiger partial charge on any atom is -0.497 e. The third kappa shape index (κ3) is 4.49. The van der Waals surface area contributed by atoms with Crippen molar-refractivity contribution in [3.8, 4) is 5.75 Å². The van der Waals surface area contributed by atoms with Gasteiger partial charge in [0.1, 0.15) is 11.6 Å². The van der Waals surface area contributed by atoms with Gasteiger partial charge in [-0.25, -0.2) is 4.39 Å². The van der Waals surface area contributed by atoms with E-state index in [0.29, 0.717) is 17.3 Å². The number of hydrogen-bond donors (Lipinski definition) is 1. The summed E-state index contributed by atoms with van der Waals surface area (Å²) >= 11 is 1.35. The molecule has 2 aromatic rings. The zero-order valence-electron chi connectivity index (χ0n) is 14.4. The molecule has 0 bridgehead atoms. The molecule has 134 valence electrons. The van der Waals surface area contributed by atoms with Gasteiger partial charge in [0, 0.05) is 0 Å². The number of methoxy groups -OCH3 is 1. The molecule has 0 aliphatic carbocycles. The van der Waals surface area contributed by atoms with Gasteiger partial charge in [-0.05, 0) is 48.7 Å². The van der Waals surface area contributed by atoms with Crippen molar-refractivity contribution >= 4 is 28.5 Å². The number of nitrogens with zero attached hydrogens (tertiary/aromatic N) is 2. The van der Waals surface area contributed by atoms with Crippen LogP contribution in [0.1, 0.15) is 18.1 Å². The van der Waals surface area contributed by atoms with Crippen molar-refractivity contribution in [1.29, 1.82) is 0 Å². The summed E-state index contributed by atoms with van der Waals surface area (Å²) in [6, 6.07) is 13.7. The summed E-state index contributed by atoms with van der Waals surface area (Å²) in [6.07, 6.45) is 0.597. The minimum absolute atomic E-state index is 0.0841. The van der Waals surface area contributed by atoms with Crippen LogP contribution < -0.4 is 10.1 Å². The fraction of sp³-hybridized carbons (Fsp3) is 0.211. The molecule has 1 amide bonds. The molecule has 0 radical (unpaired) electrons. The van der Waals surface area contributed by atoms with E-state index in [1.807, 2.05) is 24.3 Å². The van der Waals surface area contributed by atoms with Crippen LogP contribution in [0, 0.1) is 5.82 Å². The number of ether oxygens (including phenoxy) is 1. The normalized spacial score (nSPS) is 18.9. The zero-order valence-corrected chi connectivity index (χ0v) is 15.2. The smallest absolute Gasteiger partial charge is 0.239 e. The first-order valence-corrected chi connectivity index (χ1v) is 8.92. The Hall–Kier alpha value is -2.67. The highest BCUT2D eigenvalue weighted by Crippen LogP contribution is 2.24. The molecule has 0 saturated carbocycles. The average Bonchev–Trinajstić information content (AvgIpc) is 3.00.